The van der Waals surface area contributed by atoms with Crippen LogP contribution in [0.1, 0.15) is 31.2 Å². The van der Waals surface area contributed by atoms with Gasteiger partial charge in [0.2, 0.25) is 5.91 Å². The molecule has 0 bridgehead atoms. The first kappa shape index (κ1) is 17.3. The minimum Gasteiger partial charge on any atom is -0.367 e. The second-order valence-corrected chi connectivity index (χ2v) is 7.47. The SMILES string of the molecule is O=C(Nc1cc(F)c(N2CCCC2)c(F)c1)C1(c2cccc(Cl)c2)CC1. The van der Waals surface area contributed by atoms with Crippen LogP contribution in [0, 0.1) is 11.6 Å². The number of hydrogen-bond acceptors (Lipinski definition) is 2. The van der Waals surface area contributed by atoms with Gasteiger partial charge in [0.1, 0.15) is 5.69 Å². The third kappa shape index (κ3) is 3.05. The van der Waals surface area contributed by atoms with E-state index in [0.29, 0.717) is 31.0 Å². The van der Waals surface area contributed by atoms with Crippen molar-refractivity contribution in [3.8, 4) is 0 Å². The third-order valence-corrected chi connectivity index (χ3v) is 5.49. The number of carbonyl (C=O) groups excluding carboxylic acids is 1. The molecule has 1 saturated carbocycles. The van der Waals surface area contributed by atoms with E-state index < -0.39 is 17.0 Å². The van der Waals surface area contributed by atoms with Crippen LogP contribution in [0.3, 0.4) is 0 Å². The number of benzene rings is 2. The van der Waals surface area contributed by atoms with Crippen molar-refractivity contribution in [1.82, 2.24) is 0 Å². The van der Waals surface area contributed by atoms with Crippen molar-refractivity contribution in [3.05, 3.63) is 58.6 Å². The van der Waals surface area contributed by atoms with E-state index in [1.54, 1.807) is 23.1 Å². The van der Waals surface area contributed by atoms with Crippen molar-refractivity contribution < 1.29 is 13.6 Å². The molecule has 2 fully saturated rings. The normalized spacial score (nSPS) is 18.0. The van der Waals surface area contributed by atoms with Crippen LogP contribution in [0.15, 0.2) is 36.4 Å². The van der Waals surface area contributed by atoms with E-state index in [9.17, 15) is 13.6 Å². The van der Waals surface area contributed by atoms with Gasteiger partial charge >= 0.3 is 0 Å². The Bertz CT molecular complexity index is 838. The molecule has 1 N–H and O–H groups in total. The standard InChI is InChI=1S/C20H19ClF2N2O/c21-14-5-3-4-13(10-14)20(6-7-20)19(26)24-15-11-16(22)18(17(23)12-15)25-8-1-2-9-25/h3-5,10-12H,1-2,6-9H2,(H,24,26). The molecule has 3 nitrogen and oxygen atoms in total. The summed E-state index contributed by atoms with van der Waals surface area (Å²) < 4.78 is 28.9. The summed E-state index contributed by atoms with van der Waals surface area (Å²) in [6.45, 7) is 1.30. The highest BCUT2D eigenvalue weighted by atomic mass is 35.5. The Labute approximate surface area is 156 Å². The molecule has 0 unspecified atom stereocenters. The molecular weight excluding hydrogens is 358 g/mol. The Balaban J connectivity index is 1.57. The van der Waals surface area contributed by atoms with Gasteiger partial charge in [-0.1, -0.05) is 23.7 Å². The third-order valence-electron chi connectivity index (χ3n) is 5.26. The second kappa shape index (κ2) is 6.54. The first-order chi connectivity index (χ1) is 12.5. The number of nitrogens with one attached hydrogen (secondary N) is 1. The summed E-state index contributed by atoms with van der Waals surface area (Å²) in [6.07, 6.45) is 3.24. The van der Waals surface area contributed by atoms with Gasteiger partial charge < -0.3 is 10.2 Å². The number of nitrogens with zero attached hydrogens (tertiary/aromatic N) is 1. The summed E-state index contributed by atoms with van der Waals surface area (Å²) >= 11 is 6.03. The maximum Gasteiger partial charge on any atom is 0.235 e. The van der Waals surface area contributed by atoms with Gasteiger partial charge in [-0.2, -0.15) is 0 Å². The van der Waals surface area contributed by atoms with Gasteiger partial charge in [0.05, 0.1) is 5.41 Å². The van der Waals surface area contributed by atoms with Crippen LogP contribution in [0.25, 0.3) is 0 Å². The molecule has 4 rings (SSSR count). The van der Waals surface area contributed by atoms with Gasteiger partial charge in [0.15, 0.2) is 11.6 Å². The maximum absolute atomic E-state index is 14.5. The molecule has 1 amide bonds. The van der Waals surface area contributed by atoms with Crippen molar-refractivity contribution in [1.29, 1.82) is 0 Å². The van der Waals surface area contributed by atoms with E-state index in [1.807, 2.05) is 6.07 Å². The Morgan fingerprint density at radius 1 is 1.08 bits per heavy atom. The van der Waals surface area contributed by atoms with Crippen LogP contribution in [0.4, 0.5) is 20.2 Å². The lowest BCUT2D eigenvalue weighted by Crippen LogP contribution is -2.28. The Kier molecular flexibility index (Phi) is 4.35. The Morgan fingerprint density at radius 3 is 2.31 bits per heavy atom. The summed E-state index contributed by atoms with van der Waals surface area (Å²) in [6, 6.07) is 9.57. The van der Waals surface area contributed by atoms with E-state index >= 15 is 0 Å². The molecule has 2 aromatic rings. The maximum atomic E-state index is 14.5. The lowest BCUT2D eigenvalue weighted by Gasteiger charge is -2.21. The van der Waals surface area contributed by atoms with Gasteiger partial charge in [-0.05, 0) is 55.5 Å². The van der Waals surface area contributed by atoms with Crippen LogP contribution in [-0.2, 0) is 10.2 Å². The van der Waals surface area contributed by atoms with E-state index in [-0.39, 0.29) is 17.3 Å². The highest BCUT2D eigenvalue weighted by Crippen LogP contribution is 2.49. The number of amides is 1. The smallest absolute Gasteiger partial charge is 0.235 e. The number of hydrogen-bond donors (Lipinski definition) is 1. The van der Waals surface area contributed by atoms with Crippen LogP contribution < -0.4 is 10.2 Å². The van der Waals surface area contributed by atoms with Crippen molar-refractivity contribution >= 4 is 28.9 Å². The summed E-state index contributed by atoms with van der Waals surface area (Å²) in [5, 5.41) is 3.25. The van der Waals surface area contributed by atoms with E-state index in [1.165, 1.54) is 12.1 Å². The van der Waals surface area contributed by atoms with Crippen LogP contribution in [-0.4, -0.2) is 19.0 Å². The van der Waals surface area contributed by atoms with E-state index in [0.717, 1.165) is 18.4 Å². The largest absolute Gasteiger partial charge is 0.367 e. The Hall–Kier alpha value is -2.14. The van der Waals surface area contributed by atoms with Crippen molar-refractivity contribution in [2.24, 2.45) is 0 Å². The van der Waals surface area contributed by atoms with Crippen molar-refractivity contribution in [2.75, 3.05) is 23.3 Å². The molecular formula is C20H19ClF2N2O. The molecule has 136 valence electrons. The molecule has 2 aromatic carbocycles. The molecule has 6 heteroatoms. The first-order valence-corrected chi connectivity index (χ1v) is 9.19. The minimum atomic E-state index is -0.661. The molecule has 0 aromatic heterocycles. The zero-order valence-electron chi connectivity index (χ0n) is 14.2. The first-order valence-electron chi connectivity index (χ1n) is 8.81. The number of anilines is 2. The number of halogens is 3. The second-order valence-electron chi connectivity index (χ2n) is 7.03. The molecule has 1 aliphatic carbocycles. The average molecular weight is 377 g/mol. The fourth-order valence-corrected chi connectivity index (χ4v) is 3.88. The van der Waals surface area contributed by atoms with Crippen molar-refractivity contribution in [2.45, 2.75) is 31.1 Å². The summed E-state index contributed by atoms with van der Waals surface area (Å²) in [5.41, 5.74) is 0.306. The Morgan fingerprint density at radius 2 is 1.73 bits per heavy atom. The topological polar surface area (TPSA) is 32.3 Å². The fraction of sp³-hybridized carbons (Fsp3) is 0.350. The van der Waals surface area contributed by atoms with Crippen LogP contribution in [0.5, 0.6) is 0 Å². The van der Waals surface area contributed by atoms with E-state index in [4.69, 9.17) is 11.6 Å². The van der Waals surface area contributed by atoms with Gasteiger partial charge in [-0.15, -0.1) is 0 Å². The van der Waals surface area contributed by atoms with Crippen LogP contribution >= 0.6 is 11.6 Å². The quantitative estimate of drug-likeness (QED) is 0.824. The fourth-order valence-electron chi connectivity index (χ4n) is 3.69. The molecule has 26 heavy (non-hydrogen) atoms. The number of carbonyl (C=O) groups is 1. The summed E-state index contributed by atoms with van der Waals surface area (Å²) in [5.74, 6) is -1.54. The lowest BCUT2D eigenvalue weighted by atomic mass is 9.95. The molecule has 2 aliphatic rings. The predicted molar refractivity (Wildman–Crippen MR) is 98.8 cm³/mol. The van der Waals surface area contributed by atoms with Gasteiger partial charge in [0, 0.05) is 23.8 Å². The zero-order valence-corrected chi connectivity index (χ0v) is 15.0. The van der Waals surface area contributed by atoms with Gasteiger partial charge in [-0.25, -0.2) is 8.78 Å². The summed E-state index contributed by atoms with van der Waals surface area (Å²) in [4.78, 5) is 14.5. The molecule has 0 atom stereocenters. The number of rotatable bonds is 4. The van der Waals surface area contributed by atoms with Gasteiger partial charge in [-0.3, -0.25) is 4.79 Å². The predicted octanol–water partition coefficient (Wildman–Crippen LogP) is 4.89. The molecule has 0 spiro atoms. The summed E-state index contributed by atoms with van der Waals surface area (Å²) in [7, 11) is 0. The minimum absolute atomic E-state index is 0.00326. The molecule has 1 saturated heterocycles. The van der Waals surface area contributed by atoms with Gasteiger partial charge in [0.25, 0.3) is 0 Å². The zero-order chi connectivity index (χ0) is 18.3. The monoisotopic (exact) mass is 376 g/mol. The van der Waals surface area contributed by atoms with E-state index in [2.05, 4.69) is 5.32 Å². The van der Waals surface area contributed by atoms with Crippen molar-refractivity contribution in [3.63, 3.8) is 0 Å². The molecule has 1 heterocycles. The molecule has 1 aliphatic heterocycles. The average Bonchev–Trinajstić information content (AvgIpc) is 3.24. The highest BCUT2D eigenvalue weighted by Gasteiger charge is 2.51. The molecule has 0 radical (unpaired) electrons. The van der Waals surface area contributed by atoms with Crippen LogP contribution in [0.2, 0.25) is 5.02 Å². The highest BCUT2D eigenvalue weighted by molar-refractivity contribution is 6.30. The lowest BCUT2D eigenvalue weighted by molar-refractivity contribution is -0.118.